The summed E-state index contributed by atoms with van der Waals surface area (Å²) < 4.78 is 0. The maximum atomic E-state index is 5.62. The highest BCUT2D eigenvalue weighted by atomic mass is 32.2. The molecule has 0 heterocycles. The van der Waals surface area contributed by atoms with Crippen molar-refractivity contribution in [3.05, 3.63) is 35.9 Å². The lowest BCUT2D eigenvalue weighted by Crippen LogP contribution is -2.27. The summed E-state index contributed by atoms with van der Waals surface area (Å²) in [5.41, 5.74) is 7.02. The first-order valence-corrected chi connectivity index (χ1v) is 8.21. The lowest BCUT2D eigenvalue weighted by Gasteiger charge is -2.22. The fraction of sp³-hybridized carbons (Fsp3) is 0.600. The molecular formula is C15H26N2S. The molecule has 0 spiro atoms. The fourth-order valence-corrected chi connectivity index (χ4v) is 2.50. The molecule has 0 aromatic heterocycles. The Morgan fingerprint density at radius 2 is 1.78 bits per heavy atom. The van der Waals surface area contributed by atoms with Gasteiger partial charge < -0.3 is 5.73 Å². The maximum absolute atomic E-state index is 5.62. The quantitative estimate of drug-likeness (QED) is 0.660. The number of nitrogens with zero attached hydrogens (tertiary/aromatic N) is 1. The molecule has 2 nitrogen and oxygen atoms in total. The van der Waals surface area contributed by atoms with E-state index in [0.29, 0.717) is 0 Å². The van der Waals surface area contributed by atoms with E-state index in [1.165, 1.54) is 30.7 Å². The zero-order valence-electron chi connectivity index (χ0n) is 11.5. The standard InChI is InChI=1S/C15H26N2S/c1-18-13-6-5-11-17(12-7-10-16)14-15-8-3-2-4-9-15/h2-4,8-9H,5-7,10-14,16H2,1H3. The summed E-state index contributed by atoms with van der Waals surface area (Å²) >= 11 is 1.94. The third-order valence-corrected chi connectivity index (χ3v) is 3.70. The maximum Gasteiger partial charge on any atom is 0.0233 e. The summed E-state index contributed by atoms with van der Waals surface area (Å²) in [6.45, 7) is 4.15. The van der Waals surface area contributed by atoms with Crippen molar-refractivity contribution < 1.29 is 0 Å². The lowest BCUT2D eigenvalue weighted by molar-refractivity contribution is 0.260. The average Bonchev–Trinajstić information content (AvgIpc) is 2.41. The Bertz CT molecular complexity index is 290. The summed E-state index contributed by atoms with van der Waals surface area (Å²) in [6.07, 6.45) is 5.87. The number of hydrogen-bond donors (Lipinski definition) is 1. The van der Waals surface area contributed by atoms with Crippen LogP contribution >= 0.6 is 11.8 Å². The van der Waals surface area contributed by atoms with E-state index < -0.39 is 0 Å². The van der Waals surface area contributed by atoms with Crippen molar-refractivity contribution in [1.29, 1.82) is 0 Å². The number of thioether (sulfide) groups is 1. The smallest absolute Gasteiger partial charge is 0.0233 e. The monoisotopic (exact) mass is 266 g/mol. The van der Waals surface area contributed by atoms with Gasteiger partial charge in [0.1, 0.15) is 0 Å². The van der Waals surface area contributed by atoms with Crippen LogP contribution in [0, 0.1) is 0 Å². The molecule has 0 saturated carbocycles. The third kappa shape index (κ3) is 7.04. The molecule has 0 amide bonds. The summed E-state index contributed by atoms with van der Waals surface area (Å²) in [5.74, 6) is 1.27. The van der Waals surface area contributed by atoms with Crippen molar-refractivity contribution in [2.45, 2.75) is 25.8 Å². The molecule has 0 aliphatic carbocycles. The van der Waals surface area contributed by atoms with Crippen LogP contribution in [0.1, 0.15) is 24.8 Å². The van der Waals surface area contributed by atoms with Crippen LogP contribution in [-0.4, -0.2) is 36.5 Å². The molecular weight excluding hydrogens is 240 g/mol. The van der Waals surface area contributed by atoms with Crippen molar-refractivity contribution in [1.82, 2.24) is 4.90 Å². The van der Waals surface area contributed by atoms with Gasteiger partial charge in [-0.2, -0.15) is 11.8 Å². The van der Waals surface area contributed by atoms with Crippen LogP contribution in [-0.2, 0) is 6.54 Å². The Morgan fingerprint density at radius 1 is 1.06 bits per heavy atom. The van der Waals surface area contributed by atoms with Gasteiger partial charge >= 0.3 is 0 Å². The van der Waals surface area contributed by atoms with Crippen LogP contribution in [0.2, 0.25) is 0 Å². The SMILES string of the molecule is CSCCCCN(CCCN)Cc1ccccc1. The molecule has 1 aromatic carbocycles. The van der Waals surface area contributed by atoms with Gasteiger partial charge in [0.25, 0.3) is 0 Å². The predicted octanol–water partition coefficient (Wildman–Crippen LogP) is 2.98. The van der Waals surface area contributed by atoms with E-state index in [0.717, 1.165) is 26.1 Å². The second kappa shape index (κ2) is 10.4. The Labute approximate surface area is 116 Å². The predicted molar refractivity (Wildman–Crippen MR) is 83.0 cm³/mol. The summed E-state index contributed by atoms with van der Waals surface area (Å²) in [7, 11) is 0. The minimum absolute atomic E-state index is 0.788. The molecule has 102 valence electrons. The molecule has 0 unspecified atom stereocenters. The Kier molecular flexibility index (Phi) is 9.00. The van der Waals surface area contributed by atoms with E-state index in [-0.39, 0.29) is 0 Å². The molecule has 0 fully saturated rings. The largest absolute Gasteiger partial charge is 0.330 e. The molecule has 0 aliphatic rings. The number of hydrogen-bond acceptors (Lipinski definition) is 3. The molecule has 0 aliphatic heterocycles. The number of benzene rings is 1. The molecule has 18 heavy (non-hydrogen) atoms. The molecule has 1 aromatic rings. The van der Waals surface area contributed by atoms with Gasteiger partial charge in [0.05, 0.1) is 0 Å². The summed E-state index contributed by atoms with van der Waals surface area (Å²) in [4.78, 5) is 2.53. The van der Waals surface area contributed by atoms with Crippen molar-refractivity contribution in [2.24, 2.45) is 5.73 Å². The van der Waals surface area contributed by atoms with Crippen molar-refractivity contribution in [3.8, 4) is 0 Å². The second-order valence-electron chi connectivity index (χ2n) is 4.60. The van der Waals surface area contributed by atoms with Gasteiger partial charge in [-0.3, -0.25) is 4.90 Å². The topological polar surface area (TPSA) is 29.3 Å². The van der Waals surface area contributed by atoms with E-state index in [1.807, 2.05) is 11.8 Å². The molecule has 0 saturated heterocycles. The number of nitrogens with two attached hydrogens (primary N) is 1. The summed E-state index contributed by atoms with van der Waals surface area (Å²) in [5, 5.41) is 0. The van der Waals surface area contributed by atoms with Crippen molar-refractivity contribution in [3.63, 3.8) is 0 Å². The molecule has 0 bridgehead atoms. The second-order valence-corrected chi connectivity index (χ2v) is 5.59. The van der Waals surface area contributed by atoms with E-state index in [2.05, 4.69) is 41.5 Å². The Hall–Kier alpha value is -0.510. The fourth-order valence-electron chi connectivity index (χ4n) is 2.01. The molecule has 0 radical (unpaired) electrons. The van der Waals surface area contributed by atoms with Gasteiger partial charge in [-0.25, -0.2) is 0 Å². The van der Waals surface area contributed by atoms with Gasteiger partial charge in [0.15, 0.2) is 0 Å². The van der Waals surface area contributed by atoms with Crippen LogP contribution in [0.15, 0.2) is 30.3 Å². The molecule has 0 atom stereocenters. The van der Waals surface area contributed by atoms with E-state index >= 15 is 0 Å². The molecule has 2 N–H and O–H groups in total. The number of rotatable bonds is 10. The van der Waals surface area contributed by atoms with E-state index in [1.54, 1.807) is 0 Å². The average molecular weight is 266 g/mol. The third-order valence-electron chi connectivity index (χ3n) is 3.00. The van der Waals surface area contributed by atoms with Crippen LogP contribution in [0.4, 0.5) is 0 Å². The highest BCUT2D eigenvalue weighted by molar-refractivity contribution is 7.98. The zero-order chi connectivity index (χ0) is 13.1. The Morgan fingerprint density at radius 3 is 2.44 bits per heavy atom. The minimum atomic E-state index is 0.788. The van der Waals surface area contributed by atoms with E-state index in [4.69, 9.17) is 5.73 Å². The van der Waals surface area contributed by atoms with Crippen LogP contribution < -0.4 is 5.73 Å². The van der Waals surface area contributed by atoms with Crippen LogP contribution in [0.5, 0.6) is 0 Å². The lowest BCUT2D eigenvalue weighted by atomic mass is 10.2. The van der Waals surface area contributed by atoms with E-state index in [9.17, 15) is 0 Å². The molecule has 3 heteroatoms. The van der Waals surface area contributed by atoms with Crippen LogP contribution in [0.25, 0.3) is 0 Å². The Balaban J connectivity index is 2.35. The first-order valence-electron chi connectivity index (χ1n) is 6.82. The minimum Gasteiger partial charge on any atom is -0.330 e. The highest BCUT2D eigenvalue weighted by Gasteiger charge is 2.05. The van der Waals surface area contributed by atoms with Crippen LogP contribution in [0.3, 0.4) is 0 Å². The zero-order valence-corrected chi connectivity index (χ0v) is 12.3. The highest BCUT2D eigenvalue weighted by Crippen LogP contribution is 2.07. The van der Waals surface area contributed by atoms with Crippen molar-refractivity contribution >= 4 is 11.8 Å². The normalized spacial score (nSPS) is 11.1. The van der Waals surface area contributed by atoms with Gasteiger partial charge in [0.2, 0.25) is 0 Å². The van der Waals surface area contributed by atoms with Crippen molar-refractivity contribution in [2.75, 3.05) is 31.6 Å². The van der Waals surface area contributed by atoms with Gasteiger partial charge in [0, 0.05) is 6.54 Å². The van der Waals surface area contributed by atoms with Gasteiger partial charge in [-0.05, 0) is 56.5 Å². The number of unbranched alkanes of at least 4 members (excludes halogenated alkanes) is 1. The first-order chi connectivity index (χ1) is 8.86. The van der Waals surface area contributed by atoms with Gasteiger partial charge in [-0.1, -0.05) is 30.3 Å². The first kappa shape index (κ1) is 15.5. The summed E-state index contributed by atoms with van der Waals surface area (Å²) in [6, 6.07) is 10.7. The molecule has 1 rings (SSSR count). The van der Waals surface area contributed by atoms with Gasteiger partial charge in [-0.15, -0.1) is 0 Å².